The van der Waals surface area contributed by atoms with Gasteiger partial charge in [0.25, 0.3) is 5.56 Å². The lowest BCUT2D eigenvalue weighted by molar-refractivity contribution is -0.119. The topological polar surface area (TPSA) is 74.8 Å². The number of hydrogen-bond acceptors (Lipinski definition) is 4. The van der Waals surface area contributed by atoms with E-state index >= 15 is 0 Å². The summed E-state index contributed by atoms with van der Waals surface area (Å²) in [5, 5.41) is 3.45. The summed E-state index contributed by atoms with van der Waals surface area (Å²) in [5.74, 6) is 0.134. The molecule has 0 bridgehead atoms. The zero-order chi connectivity index (χ0) is 17.4. The van der Waals surface area contributed by atoms with Gasteiger partial charge in [0, 0.05) is 11.8 Å². The number of amides is 1. The molecule has 0 fully saturated rings. The average molecular weight is 345 g/mol. The third-order valence-corrected chi connectivity index (χ3v) is 4.45. The number of aromatic amines is 1. The normalized spacial score (nSPS) is 11.9. The third kappa shape index (κ3) is 5.85. The fourth-order valence-electron chi connectivity index (χ4n) is 2.28. The molecule has 0 radical (unpaired) electrons. The number of unbranched alkanes of at least 4 members (excludes halogenated alkanes) is 1. The van der Waals surface area contributed by atoms with Crippen LogP contribution >= 0.6 is 11.8 Å². The smallest absolute Gasteiger partial charge is 0.251 e. The van der Waals surface area contributed by atoms with E-state index < -0.39 is 0 Å². The Morgan fingerprint density at radius 3 is 2.79 bits per heavy atom. The van der Waals surface area contributed by atoms with Crippen LogP contribution in [-0.2, 0) is 11.2 Å². The minimum absolute atomic E-state index is 0.0535. The zero-order valence-corrected chi connectivity index (χ0v) is 14.9. The lowest BCUT2D eigenvalue weighted by Gasteiger charge is -2.14. The molecule has 2 rings (SSSR count). The van der Waals surface area contributed by atoms with Crippen molar-refractivity contribution in [3.63, 3.8) is 0 Å². The molecule has 0 spiro atoms. The predicted octanol–water partition coefficient (Wildman–Crippen LogP) is 3.08. The number of rotatable bonds is 8. The summed E-state index contributed by atoms with van der Waals surface area (Å²) in [6.07, 6.45) is 2.83. The van der Waals surface area contributed by atoms with Crippen molar-refractivity contribution in [3.05, 3.63) is 58.0 Å². The lowest BCUT2D eigenvalue weighted by Crippen LogP contribution is -2.28. The SMILES string of the molecule is CCCCc1cc(=O)[nH]c(SCC(=O)NC(C)c2ccccc2)n1. The molecule has 0 aliphatic rings. The number of aryl methyl sites for hydroxylation is 1. The number of hydrogen-bond donors (Lipinski definition) is 2. The first-order chi connectivity index (χ1) is 11.6. The van der Waals surface area contributed by atoms with Gasteiger partial charge >= 0.3 is 0 Å². The summed E-state index contributed by atoms with van der Waals surface area (Å²) in [6, 6.07) is 11.3. The molecule has 128 valence electrons. The molecule has 6 heteroatoms. The predicted molar refractivity (Wildman–Crippen MR) is 97.2 cm³/mol. The first-order valence-electron chi connectivity index (χ1n) is 8.16. The molecule has 2 aromatic rings. The number of carbonyl (C=O) groups is 1. The molecule has 1 amide bonds. The number of nitrogens with one attached hydrogen (secondary N) is 2. The molecule has 1 atom stereocenters. The molecule has 0 aliphatic carbocycles. The summed E-state index contributed by atoms with van der Waals surface area (Å²) in [4.78, 5) is 30.9. The second-order valence-corrected chi connectivity index (χ2v) is 6.60. The quantitative estimate of drug-likeness (QED) is 0.569. The molecule has 0 aliphatic heterocycles. The van der Waals surface area contributed by atoms with Crippen LogP contribution in [0.4, 0.5) is 0 Å². The molecular weight excluding hydrogens is 322 g/mol. The van der Waals surface area contributed by atoms with Gasteiger partial charge in [-0.3, -0.25) is 9.59 Å². The van der Waals surface area contributed by atoms with E-state index in [1.807, 2.05) is 37.3 Å². The molecule has 2 N–H and O–H groups in total. The van der Waals surface area contributed by atoms with Crippen LogP contribution in [0.3, 0.4) is 0 Å². The van der Waals surface area contributed by atoms with E-state index in [1.54, 1.807) is 0 Å². The molecule has 0 saturated heterocycles. The molecule has 1 aromatic heterocycles. The Balaban J connectivity index is 1.89. The number of thioether (sulfide) groups is 1. The Kier molecular flexibility index (Phi) is 7.06. The molecule has 1 aromatic carbocycles. The van der Waals surface area contributed by atoms with Crippen LogP contribution < -0.4 is 10.9 Å². The maximum absolute atomic E-state index is 12.1. The highest BCUT2D eigenvalue weighted by Gasteiger charge is 2.10. The van der Waals surface area contributed by atoms with Crippen LogP contribution in [-0.4, -0.2) is 21.6 Å². The summed E-state index contributed by atoms with van der Waals surface area (Å²) in [7, 11) is 0. The van der Waals surface area contributed by atoms with Crippen LogP contribution in [0.5, 0.6) is 0 Å². The molecule has 0 saturated carbocycles. The van der Waals surface area contributed by atoms with Gasteiger partial charge in [-0.1, -0.05) is 55.4 Å². The zero-order valence-electron chi connectivity index (χ0n) is 14.0. The summed E-state index contributed by atoms with van der Waals surface area (Å²) in [6.45, 7) is 4.05. The van der Waals surface area contributed by atoms with E-state index in [0.29, 0.717) is 5.16 Å². The van der Waals surface area contributed by atoms with Crippen LogP contribution in [0.2, 0.25) is 0 Å². The minimum Gasteiger partial charge on any atom is -0.349 e. The van der Waals surface area contributed by atoms with Crippen molar-refractivity contribution in [1.82, 2.24) is 15.3 Å². The van der Waals surface area contributed by atoms with Gasteiger partial charge in [0.2, 0.25) is 5.91 Å². The highest BCUT2D eigenvalue weighted by atomic mass is 32.2. The van der Waals surface area contributed by atoms with E-state index in [9.17, 15) is 9.59 Å². The standard InChI is InChI=1S/C18H23N3O2S/c1-3-4-10-15-11-16(22)21-18(20-15)24-12-17(23)19-13(2)14-8-6-5-7-9-14/h5-9,11,13H,3-4,10,12H2,1-2H3,(H,19,23)(H,20,21,22). The second-order valence-electron chi connectivity index (χ2n) is 5.63. The molecule has 1 heterocycles. The number of nitrogens with zero attached hydrogens (tertiary/aromatic N) is 1. The molecular formula is C18H23N3O2S. The molecule has 24 heavy (non-hydrogen) atoms. The van der Waals surface area contributed by atoms with Crippen LogP contribution in [0.1, 0.15) is 44.0 Å². The number of H-pyrrole nitrogens is 1. The lowest BCUT2D eigenvalue weighted by atomic mass is 10.1. The Labute approximate surface area is 146 Å². The summed E-state index contributed by atoms with van der Waals surface area (Å²) >= 11 is 1.25. The van der Waals surface area contributed by atoms with Gasteiger partial charge in [0.15, 0.2) is 5.16 Å². The second kappa shape index (κ2) is 9.27. The van der Waals surface area contributed by atoms with Crippen molar-refractivity contribution in [2.75, 3.05) is 5.75 Å². The van der Waals surface area contributed by atoms with Crippen molar-refractivity contribution in [1.29, 1.82) is 0 Å². The fourth-order valence-corrected chi connectivity index (χ4v) is 2.99. The Morgan fingerprint density at radius 1 is 1.33 bits per heavy atom. The number of benzene rings is 1. The van der Waals surface area contributed by atoms with Gasteiger partial charge < -0.3 is 10.3 Å². The van der Waals surface area contributed by atoms with Crippen LogP contribution in [0.25, 0.3) is 0 Å². The van der Waals surface area contributed by atoms with Gasteiger partial charge in [-0.25, -0.2) is 4.98 Å². The molecule has 1 unspecified atom stereocenters. The first kappa shape index (κ1) is 18.3. The van der Waals surface area contributed by atoms with Gasteiger partial charge in [-0.05, 0) is 25.3 Å². The van der Waals surface area contributed by atoms with Crippen molar-refractivity contribution in [2.24, 2.45) is 0 Å². The van der Waals surface area contributed by atoms with E-state index in [-0.39, 0.29) is 23.3 Å². The first-order valence-corrected chi connectivity index (χ1v) is 9.14. The maximum Gasteiger partial charge on any atom is 0.251 e. The Bertz CT molecular complexity index is 716. The van der Waals surface area contributed by atoms with Gasteiger partial charge in [-0.15, -0.1) is 0 Å². The monoisotopic (exact) mass is 345 g/mol. The third-order valence-electron chi connectivity index (χ3n) is 3.58. The van der Waals surface area contributed by atoms with E-state index in [0.717, 1.165) is 30.5 Å². The van der Waals surface area contributed by atoms with Gasteiger partial charge in [0.1, 0.15) is 0 Å². The van der Waals surface area contributed by atoms with E-state index in [4.69, 9.17) is 0 Å². The van der Waals surface area contributed by atoms with Gasteiger partial charge in [0.05, 0.1) is 11.8 Å². The van der Waals surface area contributed by atoms with Crippen LogP contribution in [0, 0.1) is 0 Å². The minimum atomic E-state index is -0.170. The van der Waals surface area contributed by atoms with Crippen LogP contribution in [0.15, 0.2) is 46.3 Å². The Hall–Kier alpha value is -2.08. The number of carbonyl (C=O) groups excluding carboxylic acids is 1. The fraction of sp³-hybridized carbons (Fsp3) is 0.389. The highest BCUT2D eigenvalue weighted by molar-refractivity contribution is 7.99. The highest BCUT2D eigenvalue weighted by Crippen LogP contribution is 2.14. The maximum atomic E-state index is 12.1. The summed E-state index contributed by atoms with van der Waals surface area (Å²) < 4.78 is 0. The van der Waals surface area contributed by atoms with E-state index in [2.05, 4.69) is 22.2 Å². The van der Waals surface area contributed by atoms with Gasteiger partial charge in [-0.2, -0.15) is 0 Å². The average Bonchev–Trinajstić information content (AvgIpc) is 2.58. The summed E-state index contributed by atoms with van der Waals surface area (Å²) in [5.41, 5.74) is 1.67. The largest absolute Gasteiger partial charge is 0.349 e. The van der Waals surface area contributed by atoms with Crippen molar-refractivity contribution < 1.29 is 4.79 Å². The van der Waals surface area contributed by atoms with Crippen molar-refractivity contribution >= 4 is 17.7 Å². The molecule has 5 nitrogen and oxygen atoms in total. The Morgan fingerprint density at radius 2 is 2.08 bits per heavy atom. The number of aromatic nitrogens is 2. The van der Waals surface area contributed by atoms with Crippen molar-refractivity contribution in [2.45, 2.75) is 44.3 Å². The van der Waals surface area contributed by atoms with E-state index in [1.165, 1.54) is 17.8 Å². The van der Waals surface area contributed by atoms with Crippen molar-refractivity contribution in [3.8, 4) is 0 Å².